The van der Waals surface area contributed by atoms with Gasteiger partial charge in [-0.05, 0) is 48.4 Å². The first kappa shape index (κ1) is 25.1. The second-order valence-corrected chi connectivity index (χ2v) is 9.62. The van der Waals surface area contributed by atoms with Crippen LogP contribution < -0.4 is 5.32 Å². The van der Waals surface area contributed by atoms with Crippen LogP contribution in [-0.2, 0) is 26.1 Å². The minimum atomic E-state index is -3.90. The van der Waals surface area contributed by atoms with Crippen LogP contribution in [-0.4, -0.2) is 37.8 Å². The molecule has 0 heterocycles. The van der Waals surface area contributed by atoms with Crippen LogP contribution in [0.25, 0.3) is 0 Å². The number of nitrogens with one attached hydrogen (secondary N) is 1. The third-order valence-corrected chi connectivity index (χ3v) is 6.84. The van der Waals surface area contributed by atoms with E-state index in [-0.39, 0.29) is 18.0 Å². The van der Waals surface area contributed by atoms with Crippen molar-refractivity contribution >= 4 is 27.6 Å². The molecular formula is C26H28N2O5S. The number of hydrogen-bond donors (Lipinski definition) is 1. The fourth-order valence-corrected chi connectivity index (χ4v) is 4.60. The lowest BCUT2D eigenvalue weighted by molar-refractivity contribution is -0.116. The van der Waals surface area contributed by atoms with Crippen LogP contribution in [0.15, 0.2) is 89.8 Å². The maximum atomic E-state index is 13.2. The highest BCUT2D eigenvalue weighted by atomic mass is 32.2. The Morgan fingerprint density at radius 2 is 1.50 bits per heavy atom. The molecule has 0 aliphatic heterocycles. The maximum Gasteiger partial charge on any atom is 0.338 e. The van der Waals surface area contributed by atoms with Gasteiger partial charge >= 0.3 is 5.97 Å². The van der Waals surface area contributed by atoms with Gasteiger partial charge < -0.3 is 10.1 Å². The molecule has 0 aliphatic rings. The van der Waals surface area contributed by atoms with Gasteiger partial charge in [-0.3, -0.25) is 4.79 Å². The second kappa shape index (κ2) is 12.1. The zero-order chi connectivity index (χ0) is 24.4. The van der Waals surface area contributed by atoms with Crippen LogP contribution in [0.2, 0.25) is 0 Å². The van der Waals surface area contributed by atoms with Gasteiger partial charge in [0, 0.05) is 12.2 Å². The summed E-state index contributed by atoms with van der Waals surface area (Å²) in [5, 5.41) is 2.70. The van der Waals surface area contributed by atoms with Gasteiger partial charge in [-0.15, -0.1) is 0 Å². The predicted octanol–water partition coefficient (Wildman–Crippen LogP) is 4.47. The molecule has 34 heavy (non-hydrogen) atoms. The Balaban J connectivity index is 1.71. The van der Waals surface area contributed by atoms with Gasteiger partial charge in [-0.2, -0.15) is 4.31 Å². The summed E-state index contributed by atoms with van der Waals surface area (Å²) in [7, 11) is -3.90. The second-order valence-electron chi connectivity index (χ2n) is 7.69. The lowest BCUT2D eigenvalue weighted by atomic mass is 10.2. The molecule has 0 unspecified atom stereocenters. The average Bonchev–Trinajstić information content (AvgIpc) is 2.85. The highest BCUT2D eigenvalue weighted by Gasteiger charge is 2.26. The molecular weight excluding hydrogens is 452 g/mol. The van der Waals surface area contributed by atoms with Gasteiger partial charge in [0.2, 0.25) is 15.9 Å². The van der Waals surface area contributed by atoms with Crippen LogP contribution in [0.3, 0.4) is 0 Å². The van der Waals surface area contributed by atoms with Crippen molar-refractivity contribution in [3.8, 4) is 0 Å². The highest BCUT2D eigenvalue weighted by molar-refractivity contribution is 7.89. The number of sulfonamides is 1. The molecule has 0 fully saturated rings. The van der Waals surface area contributed by atoms with Gasteiger partial charge in [0.05, 0.1) is 23.6 Å². The van der Waals surface area contributed by atoms with Crippen molar-refractivity contribution in [2.45, 2.75) is 31.2 Å². The molecule has 1 amide bonds. The largest absolute Gasteiger partial charge is 0.462 e. The fourth-order valence-electron chi connectivity index (χ4n) is 3.20. The summed E-state index contributed by atoms with van der Waals surface area (Å²) in [5.41, 5.74) is 1.60. The Morgan fingerprint density at radius 1 is 0.882 bits per heavy atom. The van der Waals surface area contributed by atoms with Crippen LogP contribution >= 0.6 is 0 Å². The predicted molar refractivity (Wildman–Crippen MR) is 131 cm³/mol. The van der Waals surface area contributed by atoms with Crippen LogP contribution in [0.1, 0.15) is 35.7 Å². The van der Waals surface area contributed by atoms with E-state index < -0.39 is 21.9 Å². The molecule has 3 rings (SSSR count). The first-order chi connectivity index (χ1) is 16.4. The van der Waals surface area contributed by atoms with E-state index >= 15 is 0 Å². The van der Waals surface area contributed by atoms with Gasteiger partial charge in [-0.1, -0.05) is 61.9 Å². The summed E-state index contributed by atoms with van der Waals surface area (Å²) in [4.78, 5) is 24.9. The number of carbonyl (C=O) groups is 2. The molecule has 0 radical (unpaired) electrons. The standard InChI is InChI=1S/C26H28N2O5S/c1-2-3-18-33-26(30)22-14-16-23(17-15-22)27-25(29)20-28(19-21-10-6-4-7-11-21)34(31,32)24-12-8-5-9-13-24/h4-17H,2-3,18-20H2,1H3,(H,27,29). The highest BCUT2D eigenvalue weighted by Crippen LogP contribution is 2.19. The fraction of sp³-hybridized carbons (Fsp3) is 0.231. The third-order valence-electron chi connectivity index (χ3n) is 5.04. The monoisotopic (exact) mass is 480 g/mol. The van der Waals surface area contributed by atoms with Crippen molar-refractivity contribution in [3.05, 3.63) is 96.1 Å². The van der Waals surface area contributed by atoms with Crippen molar-refractivity contribution in [2.75, 3.05) is 18.5 Å². The number of benzene rings is 3. The number of esters is 1. The van der Waals surface area contributed by atoms with Crippen LogP contribution in [0.4, 0.5) is 5.69 Å². The van der Waals surface area contributed by atoms with E-state index in [9.17, 15) is 18.0 Å². The van der Waals surface area contributed by atoms with Crippen molar-refractivity contribution < 1.29 is 22.7 Å². The van der Waals surface area contributed by atoms with Crippen molar-refractivity contribution in [1.82, 2.24) is 4.31 Å². The summed E-state index contributed by atoms with van der Waals surface area (Å²) in [6.45, 7) is 2.05. The number of rotatable bonds is 11. The summed E-state index contributed by atoms with van der Waals surface area (Å²) in [6, 6.07) is 23.4. The molecule has 178 valence electrons. The number of ether oxygens (including phenoxy) is 1. The van der Waals surface area contributed by atoms with E-state index in [2.05, 4.69) is 5.32 Å². The lowest BCUT2D eigenvalue weighted by Gasteiger charge is -2.22. The number of unbranched alkanes of at least 4 members (excludes halogenated alkanes) is 1. The van der Waals surface area contributed by atoms with Crippen LogP contribution in [0.5, 0.6) is 0 Å². The lowest BCUT2D eigenvalue weighted by Crippen LogP contribution is -2.37. The number of hydrogen-bond acceptors (Lipinski definition) is 5. The number of nitrogens with zero attached hydrogens (tertiary/aromatic N) is 1. The van der Waals surface area contributed by atoms with Gasteiger partial charge in [-0.25, -0.2) is 13.2 Å². The summed E-state index contributed by atoms with van der Waals surface area (Å²) < 4.78 is 32.8. The van der Waals surface area contributed by atoms with E-state index in [0.29, 0.717) is 17.9 Å². The first-order valence-electron chi connectivity index (χ1n) is 11.1. The number of anilines is 1. The molecule has 3 aromatic carbocycles. The molecule has 0 atom stereocenters. The molecule has 0 spiro atoms. The zero-order valence-corrected chi connectivity index (χ0v) is 19.8. The van der Waals surface area contributed by atoms with Crippen molar-refractivity contribution in [3.63, 3.8) is 0 Å². The average molecular weight is 481 g/mol. The smallest absolute Gasteiger partial charge is 0.338 e. The molecule has 8 heteroatoms. The maximum absolute atomic E-state index is 13.2. The van der Waals surface area contributed by atoms with Gasteiger partial charge in [0.25, 0.3) is 0 Å². The molecule has 3 aromatic rings. The quantitative estimate of drug-likeness (QED) is 0.323. The minimum absolute atomic E-state index is 0.0496. The minimum Gasteiger partial charge on any atom is -0.462 e. The van der Waals surface area contributed by atoms with E-state index in [0.717, 1.165) is 22.7 Å². The zero-order valence-electron chi connectivity index (χ0n) is 19.0. The van der Waals surface area contributed by atoms with E-state index in [1.807, 2.05) is 37.3 Å². The van der Waals surface area contributed by atoms with E-state index in [4.69, 9.17) is 4.74 Å². The molecule has 0 saturated heterocycles. The van der Waals surface area contributed by atoms with Crippen molar-refractivity contribution in [2.24, 2.45) is 0 Å². The Morgan fingerprint density at radius 3 is 2.12 bits per heavy atom. The van der Waals surface area contributed by atoms with Crippen LogP contribution in [0, 0.1) is 0 Å². The summed E-state index contributed by atoms with van der Waals surface area (Å²) in [6.07, 6.45) is 1.73. The van der Waals surface area contributed by atoms with Gasteiger partial charge in [0.15, 0.2) is 0 Å². The molecule has 0 aliphatic carbocycles. The van der Waals surface area contributed by atoms with Gasteiger partial charge in [0.1, 0.15) is 0 Å². The van der Waals surface area contributed by atoms with Crippen molar-refractivity contribution in [1.29, 1.82) is 0 Å². The molecule has 1 N–H and O–H groups in total. The van der Waals surface area contributed by atoms with E-state index in [1.165, 1.54) is 12.1 Å². The summed E-state index contributed by atoms with van der Waals surface area (Å²) in [5.74, 6) is -0.914. The summed E-state index contributed by atoms with van der Waals surface area (Å²) >= 11 is 0. The SMILES string of the molecule is CCCCOC(=O)c1ccc(NC(=O)CN(Cc2ccccc2)S(=O)(=O)c2ccccc2)cc1. The Kier molecular flexibility index (Phi) is 8.95. The normalized spacial score (nSPS) is 11.2. The Labute approximate surface area is 200 Å². The molecule has 0 bridgehead atoms. The number of carbonyl (C=O) groups excluding carboxylic acids is 2. The Bertz CT molecular complexity index is 1180. The van der Waals surface area contributed by atoms with E-state index in [1.54, 1.807) is 42.5 Å². The molecule has 7 nitrogen and oxygen atoms in total. The number of amides is 1. The first-order valence-corrected chi connectivity index (χ1v) is 12.5. The Hall–Kier alpha value is -3.49. The third kappa shape index (κ3) is 7.00. The molecule has 0 aromatic heterocycles. The molecule has 0 saturated carbocycles. The topological polar surface area (TPSA) is 92.8 Å².